The molecule has 0 saturated carbocycles. The van der Waals surface area contributed by atoms with Crippen molar-refractivity contribution < 1.29 is 5.11 Å². The normalized spacial score (nSPS) is 22.0. The Balaban J connectivity index is 2.36. The summed E-state index contributed by atoms with van der Waals surface area (Å²) >= 11 is 0. The first-order valence-electron chi connectivity index (χ1n) is 4.15. The predicted molar refractivity (Wildman–Crippen MR) is 45.1 cm³/mol. The van der Waals surface area contributed by atoms with Gasteiger partial charge in [0.25, 0.3) is 0 Å². The average molecular weight is 153 g/mol. The van der Waals surface area contributed by atoms with Crippen molar-refractivity contribution in [2.45, 2.75) is 25.9 Å². The van der Waals surface area contributed by atoms with Crippen molar-refractivity contribution >= 4 is 0 Å². The number of aliphatic hydroxyl groups is 1. The van der Waals surface area contributed by atoms with Crippen molar-refractivity contribution in [2.24, 2.45) is 5.92 Å². The molecule has 1 aliphatic heterocycles. The number of piperidine rings is 1. The molecule has 1 saturated heterocycles. The van der Waals surface area contributed by atoms with Crippen LogP contribution in [-0.4, -0.2) is 24.3 Å². The number of hydrogen-bond acceptors (Lipinski definition) is 2. The number of rotatable bonds is 1. The highest BCUT2D eigenvalue weighted by atomic mass is 16.3. The summed E-state index contributed by atoms with van der Waals surface area (Å²) in [4.78, 5) is 0. The minimum Gasteiger partial charge on any atom is -0.380 e. The Morgan fingerprint density at radius 2 is 2.09 bits per heavy atom. The molecule has 2 heteroatoms. The molecule has 0 aromatic carbocycles. The first-order valence-corrected chi connectivity index (χ1v) is 4.15. The van der Waals surface area contributed by atoms with Crippen LogP contribution in [0.5, 0.6) is 0 Å². The van der Waals surface area contributed by atoms with Crippen molar-refractivity contribution in [2.75, 3.05) is 13.1 Å². The van der Waals surface area contributed by atoms with Gasteiger partial charge in [0.05, 0.1) is 0 Å². The van der Waals surface area contributed by atoms with E-state index < -0.39 is 6.10 Å². The van der Waals surface area contributed by atoms with Gasteiger partial charge in [0.15, 0.2) is 0 Å². The van der Waals surface area contributed by atoms with Crippen LogP contribution < -0.4 is 5.32 Å². The molecule has 0 aromatic rings. The summed E-state index contributed by atoms with van der Waals surface area (Å²) in [5.41, 5.74) is 0. The second-order valence-electron chi connectivity index (χ2n) is 2.93. The van der Waals surface area contributed by atoms with Gasteiger partial charge >= 0.3 is 0 Å². The molecule has 0 spiro atoms. The van der Waals surface area contributed by atoms with Gasteiger partial charge in [-0.15, -0.1) is 5.92 Å². The van der Waals surface area contributed by atoms with Crippen LogP contribution in [0.3, 0.4) is 0 Å². The zero-order valence-electron chi connectivity index (χ0n) is 6.93. The average Bonchev–Trinajstić information content (AvgIpc) is 2.07. The van der Waals surface area contributed by atoms with Gasteiger partial charge in [-0.3, -0.25) is 0 Å². The third-order valence-electron chi connectivity index (χ3n) is 2.12. The second kappa shape index (κ2) is 4.38. The van der Waals surface area contributed by atoms with Crippen molar-refractivity contribution in [1.29, 1.82) is 0 Å². The van der Waals surface area contributed by atoms with Crippen LogP contribution >= 0.6 is 0 Å². The van der Waals surface area contributed by atoms with Crippen molar-refractivity contribution in [3.05, 3.63) is 0 Å². The van der Waals surface area contributed by atoms with Crippen LogP contribution in [0.2, 0.25) is 0 Å². The maximum atomic E-state index is 9.47. The third kappa shape index (κ3) is 2.53. The summed E-state index contributed by atoms with van der Waals surface area (Å²) in [6.07, 6.45) is 1.70. The van der Waals surface area contributed by atoms with E-state index in [-0.39, 0.29) is 0 Å². The van der Waals surface area contributed by atoms with Gasteiger partial charge in [-0.25, -0.2) is 0 Å². The van der Waals surface area contributed by atoms with Crippen LogP contribution in [0, 0.1) is 17.8 Å². The lowest BCUT2D eigenvalue weighted by atomic mass is 9.92. The minimum atomic E-state index is -0.401. The fourth-order valence-electron chi connectivity index (χ4n) is 1.43. The second-order valence-corrected chi connectivity index (χ2v) is 2.93. The van der Waals surface area contributed by atoms with Gasteiger partial charge < -0.3 is 10.4 Å². The zero-order chi connectivity index (χ0) is 8.10. The fraction of sp³-hybridized carbons (Fsp3) is 0.778. The molecular formula is C9H15NO. The van der Waals surface area contributed by atoms with Gasteiger partial charge in [0.1, 0.15) is 6.10 Å². The number of nitrogens with one attached hydrogen (secondary N) is 1. The fourth-order valence-corrected chi connectivity index (χ4v) is 1.43. The Bertz CT molecular complexity index is 162. The van der Waals surface area contributed by atoms with E-state index in [4.69, 9.17) is 0 Å². The van der Waals surface area contributed by atoms with E-state index in [0.717, 1.165) is 25.9 Å². The standard InChI is InChI=1S/C9H15NO/c1-2-3-9(11)8-4-6-10-7-5-8/h8-11H,4-7H2,1H3. The molecule has 1 unspecified atom stereocenters. The van der Waals surface area contributed by atoms with E-state index >= 15 is 0 Å². The van der Waals surface area contributed by atoms with Gasteiger partial charge in [-0.05, 0) is 38.8 Å². The van der Waals surface area contributed by atoms with E-state index in [1.165, 1.54) is 0 Å². The van der Waals surface area contributed by atoms with E-state index in [9.17, 15) is 5.11 Å². The summed E-state index contributed by atoms with van der Waals surface area (Å²) in [6.45, 7) is 3.81. The molecule has 0 amide bonds. The molecule has 1 fully saturated rings. The van der Waals surface area contributed by atoms with E-state index in [1.807, 2.05) is 0 Å². The van der Waals surface area contributed by atoms with E-state index in [0.29, 0.717) is 5.92 Å². The lowest BCUT2D eigenvalue weighted by molar-refractivity contribution is 0.138. The van der Waals surface area contributed by atoms with Gasteiger partial charge in [0.2, 0.25) is 0 Å². The highest BCUT2D eigenvalue weighted by Crippen LogP contribution is 2.15. The summed E-state index contributed by atoms with van der Waals surface area (Å²) in [5.74, 6) is 5.93. The molecule has 2 N–H and O–H groups in total. The lowest BCUT2D eigenvalue weighted by Crippen LogP contribution is -2.33. The van der Waals surface area contributed by atoms with Crippen molar-refractivity contribution in [3.8, 4) is 11.8 Å². The molecule has 2 nitrogen and oxygen atoms in total. The van der Waals surface area contributed by atoms with E-state index in [1.54, 1.807) is 6.92 Å². The minimum absolute atomic E-state index is 0.392. The van der Waals surface area contributed by atoms with Crippen LogP contribution in [0.15, 0.2) is 0 Å². The molecule has 11 heavy (non-hydrogen) atoms. The summed E-state index contributed by atoms with van der Waals surface area (Å²) in [6, 6.07) is 0. The maximum absolute atomic E-state index is 9.47. The molecule has 1 rings (SSSR count). The molecule has 1 aliphatic rings. The predicted octanol–water partition coefficient (Wildman–Crippen LogP) is 0.370. The molecule has 0 radical (unpaired) electrons. The Morgan fingerprint density at radius 1 is 1.45 bits per heavy atom. The first-order chi connectivity index (χ1) is 5.34. The Hall–Kier alpha value is -0.520. The Kier molecular flexibility index (Phi) is 3.41. The van der Waals surface area contributed by atoms with Gasteiger partial charge in [-0.2, -0.15) is 0 Å². The van der Waals surface area contributed by atoms with Gasteiger partial charge in [-0.1, -0.05) is 5.92 Å². The van der Waals surface area contributed by atoms with Crippen LogP contribution in [0.1, 0.15) is 19.8 Å². The van der Waals surface area contributed by atoms with Crippen LogP contribution in [0.4, 0.5) is 0 Å². The van der Waals surface area contributed by atoms with Gasteiger partial charge in [0, 0.05) is 0 Å². The van der Waals surface area contributed by atoms with E-state index in [2.05, 4.69) is 17.2 Å². The lowest BCUT2D eigenvalue weighted by Gasteiger charge is -2.24. The van der Waals surface area contributed by atoms with Crippen LogP contribution in [-0.2, 0) is 0 Å². The van der Waals surface area contributed by atoms with Crippen molar-refractivity contribution in [3.63, 3.8) is 0 Å². The Morgan fingerprint density at radius 3 is 2.64 bits per heavy atom. The summed E-state index contributed by atoms with van der Waals surface area (Å²) in [5, 5.41) is 12.7. The third-order valence-corrected chi connectivity index (χ3v) is 2.12. The summed E-state index contributed by atoms with van der Waals surface area (Å²) in [7, 11) is 0. The molecular weight excluding hydrogens is 138 g/mol. The topological polar surface area (TPSA) is 32.3 Å². The molecule has 1 heterocycles. The SMILES string of the molecule is CC#CC(O)C1CCNCC1. The quantitative estimate of drug-likeness (QED) is 0.533. The molecule has 0 aromatic heterocycles. The Labute approximate surface area is 68.0 Å². The molecule has 62 valence electrons. The van der Waals surface area contributed by atoms with Crippen LogP contribution in [0.25, 0.3) is 0 Å². The van der Waals surface area contributed by atoms with Crippen molar-refractivity contribution in [1.82, 2.24) is 5.32 Å². The molecule has 0 aliphatic carbocycles. The first kappa shape index (κ1) is 8.58. The highest BCUT2D eigenvalue weighted by molar-refractivity contribution is 5.04. The smallest absolute Gasteiger partial charge is 0.117 e. The molecule has 1 atom stereocenters. The zero-order valence-corrected chi connectivity index (χ0v) is 6.93. The maximum Gasteiger partial charge on any atom is 0.117 e. The summed E-state index contributed by atoms with van der Waals surface area (Å²) < 4.78 is 0. The molecule has 0 bridgehead atoms. The number of aliphatic hydroxyl groups excluding tert-OH is 1. The number of hydrogen-bond donors (Lipinski definition) is 2. The largest absolute Gasteiger partial charge is 0.380 e. The highest BCUT2D eigenvalue weighted by Gasteiger charge is 2.19. The monoisotopic (exact) mass is 153 g/mol.